The van der Waals surface area contributed by atoms with Gasteiger partial charge in [-0.2, -0.15) is 0 Å². The summed E-state index contributed by atoms with van der Waals surface area (Å²) in [6.45, 7) is 3.06. The fraction of sp³-hybridized carbons (Fsp3) is 0.571. The molecule has 0 aliphatic heterocycles. The monoisotopic (exact) mass is 331 g/mol. The highest BCUT2D eigenvalue weighted by Crippen LogP contribution is 2.32. The van der Waals surface area contributed by atoms with Crippen molar-refractivity contribution in [3.8, 4) is 11.5 Å². The number of benzene rings is 1. The van der Waals surface area contributed by atoms with E-state index in [9.17, 15) is 0 Å². The summed E-state index contributed by atoms with van der Waals surface area (Å²) in [6.07, 6.45) is 1.77. The number of hydrogen-bond donors (Lipinski definition) is 2. The quantitative estimate of drug-likeness (QED) is 0.769. The molecule has 4 nitrogen and oxygen atoms in total. The van der Waals surface area contributed by atoms with E-state index >= 15 is 0 Å². The number of rotatable bonds is 8. The molecule has 2 N–H and O–H groups in total. The first kappa shape index (κ1) is 16.3. The zero-order valence-electron chi connectivity index (χ0n) is 11.7. The van der Waals surface area contributed by atoms with Crippen LogP contribution in [0, 0.1) is 0 Å². The van der Waals surface area contributed by atoms with E-state index in [4.69, 9.17) is 14.6 Å². The maximum Gasteiger partial charge on any atom is 0.128 e. The Bertz CT molecular complexity index is 399. The van der Waals surface area contributed by atoms with Crippen LogP contribution in [0.25, 0.3) is 0 Å². The van der Waals surface area contributed by atoms with Gasteiger partial charge in [0.1, 0.15) is 11.5 Å². The van der Waals surface area contributed by atoms with Gasteiger partial charge in [-0.1, -0.05) is 15.9 Å². The summed E-state index contributed by atoms with van der Waals surface area (Å²) in [7, 11) is 3.29. The Morgan fingerprint density at radius 1 is 1.32 bits per heavy atom. The first-order chi connectivity index (χ1) is 9.12. The van der Waals surface area contributed by atoms with Crippen molar-refractivity contribution < 1.29 is 14.6 Å². The van der Waals surface area contributed by atoms with Crippen LogP contribution in [0.3, 0.4) is 0 Å². The van der Waals surface area contributed by atoms with Crippen molar-refractivity contribution in [2.24, 2.45) is 0 Å². The van der Waals surface area contributed by atoms with Gasteiger partial charge in [-0.15, -0.1) is 0 Å². The molecule has 1 aromatic rings. The highest BCUT2D eigenvalue weighted by molar-refractivity contribution is 9.10. The zero-order valence-corrected chi connectivity index (χ0v) is 13.3. The molecule has 0 amide bonds. The van der Waals surface area contributed by atoms with Crippen LogP contribution in [-0.4, -0.2) is 32.0 Å². The number of aliphatic hydroxyl groups excluding tert-OH is 1. The van der Waals surface area contributed by atoms with Gasteiger partial charge in [-0.05, 0) is 25.8 Å². The molecule has 0 aliphatic carbocycles. The van der Waals surface area contributed by atoms with Crippen LogP contribution < -0.4 is 14.8 Å². The summed E-state index contributed by atoms with van der Waals surface area (Å²) < 4.78 is 11.6. The van der Waals surface area contributed by atoms with E-state index in [1.54, 1.807) is 14.2 Å². The van der Waals surface area contributed by atoms with E-state index in [1.807, 2.05) is 12.1 Å². The van der Waals surface area contributed by atoms with Crippen LogP contribution in [0.2, 0.25) is 0 Å². The molecule has 0 saturated heterocycles. The lowest BCUT2D eigenvalue weighted by molar-refractivity contribution is 0.276. The molecule has 5 heteroatoms. The van der Waals surface area contributed by atoms with Gasteiger partial charge >= 0.3 is 0 Å². The molecule has 0 bridgehead atoms. The van der Waals surface area contributed by atoms with Gasteiger partial charge in [0.25, 0.3) is 0 Å². The summed E-state index contributed by atoms with van der Waals surface area (Å²) >= 11 is 3.54. The highest BCUT2D eigenvalue weighted by Gasteiger charge is 2.11. The van der Waals surface area contributed by atoms with Gasteiger partial charge in [0, 0.05) is 35.3 Å². The largest absolute Gasteiger partial charge is 0.497 e. The molecule has 1 atom stereocenters. The Labute approximate surface area is 123 Å². The van der Waals surface area contributed by atoms with Crippen molar-refractivity contribution in [1.82, 2.24) is 5.32 Å². The van der Waals surface area contributed by atoms with Crippen LogP contribution in [-0.2, 0) is 6.54 Å². The Kier molecular flexibility index (Phi) is 7.20. The van der Waals surface area contributed by atoms with Gasteiger partial charge in [-0.25, -0.2) is 0 Å². The minimum absolute atomic E-state index is 0.238. The molecule has 108 valence electrons. The first-order valence-corrected chi connectivity index (χ1v) is 7.16. The number of aliphatic hydroxyl groups is 1. The average molecular weight is 332 g/mol. The predicted molar refractivity (Wildman–Crippen MR) is 79.9 cm³/mol. The summed E-state index contributed by atoms with van der Waals surface area (Å²) in [4.78, 5) is 0. The number of nitrogens with one attached hydrogen (secondary N) is 1. The van der Waals surface area contributed by atoms with Crippen LogP contribution in [0.4, 0.5) is 0 Å². The van der Waals surface area contributed by atoms with Crippen molar-refractivity contribution in [2.75, 3.05) is 20.8 Å². The summed E-state index contributed by atoms with van der Waals surface area (Å²) in [5.74, 6) is 1.56. The van der Waals surface area contributed by atoms with Gasteiger partial charge < -0.3 is 19.9 Å². The molecule has 0 aromatic heterocycles. The maximum absolute atomic E-state index is 8.82. The van der Waals surface area contributed by atoms with Crippen molar-refractivity contribution in [3.63, 3.8) is 0 Å². The second-order valence-electron chi connectivity index (χ2n) is 4.44. The molecule has 1 rings (SSSR count). The number of halogens is 1. The highest BCUT2D eigenvalue weighted by atomic mass is 79.9. The predicted octanol–water partition coefficient (Wildman–Crippen LogP) is 2.72. The molecule has 19 heavy (non-hydrogen) atoms. The molecular formula is C14H22BrNO3. The smallest absolute Gasteiger partial charge is 0.128 e. The Balaban J connectivity index is 2.71. The Morgan fingerprint density at radius 2 is 2.05 bits per heavy atom. The minimum atomic E-state index is 0.238. The van der Waals surface area contributed by atoms with E-state index in [0.29, 0.717) is 12.6 Å². The maximum atomic E-state index is 8.82. The summed E-state index contributed by atoms with van der Waals surface area (Å²) in [5, 5.41) is 12.2. The molecule has 1 unspecified atom stereocenters. The van der Waals surface area contributed by atoms with Gasteiger partial charge in [0.15, 0.2) is 0 Å². The normalized spacial score (nSPS) is 12.3. The molecule has 0 heterocycles. The topological polar surface area (TPSA) is 50.7 Å². The van der Waals surface area contributed by atoms with E-state index in [2.05, 4.69) is 28.2 Å². The van der Waals surface area contributed by atoms with Crippen molar-refractivity contribution in [2.45, 2.75) is 32.4 Å². The van der Waals surface area contributed by atoms with Crippen molar-refractivity contribution in [3.05, 3.63) is 22.2 Å². The standard InChI is InChI=1S/C14H22BrNO3/c1-10(5-4-6-17)16-9-12-13(15)7-11(18-2)8-14(12)19-3/h7-8,10,16-17H,4-6,9H2,1-3H3. The van der Waals surface area contributed by atoms with Gasteiger partial charge in [0.2, 0.25) is 0 Å². The molecule has 0 fully saturated rings. The van der Waals surface area contributed by atoms with E-state index in [0.717, 1.165) is 34.4 Å². The average Bonchev–Trinajstić information content (AvgIpc) is 2.42. The van der Waals surface area contributed by atoms with Gasteiger partial charge in [-0.3, -0.25) is 0 Å². The van der Waals surface area contributed by atoms with E-state index < -0.39 is 0 Å². The van der Waals surface area contributed by atoms with Gasteiger partial charge in [0.05, 0.1) is 14.2 Å². The van der Waals surface area contributed by atoms with Crippen LogP contribution in [0.5, 0.6) is 11.5 Å². The molecular weight excluding hydrogens is 310 g/mol. The molecule has 0 spiro atoms. The third kappa shape index (κ3) is 5.01. The summed E-state index contributed by atoms with van der Waals surface area (Å²) in [6, 6.07) is 4.16. The third-order valence-corrected chi connectivity index (χ3v) is 3.71. The van der Waals surface area contributed by atoms with E-state index in [-0.39, 0.29) is 6.61 Å². The second kappa shape index (κ2) is 8.40. The SMILES string of the molecule is COc1cc(Br)c(CNC(C)CCCO)c(OC)c1. The Hall–Kier alpha value is -0.780. The molecule has 0 saturated carbocycles. The lowest BCUT2D eigenvalue weighted by Crippen LogP contribution is -2.26. The number of methoxy groups -OCH3 is 2. The molecule has 1 aromatic carbocycles. The zero-order chi connectivity index (χ0) is 14.3. The first-order valence-electron chi connectivity index (χ1n) is 6.37. The van der Waals surface area contributed by atoms with Crippen LogP contribution in [0.1, 0.15) is 25.3 Å². The summed E-state index contributed by atoms with van der Waals surface area (Å²) in [5.41, 5.74) is 1.07. The number of hydrogen-bond acceptors (Lipinski definition) is 4. The second-order valence-corrected chi connectivity index (χ2v) is 5.29. The third-order valence-electron chi connectivity index (χ3n) is 3.01. The molecule has 0 aliphatic rings. The lowest BCUT2D eigenvalue weighted by atomic mass is 10.1. The Morgan fingerprint density at radius 3 is 2.63 bits per heavy atom. The number of ether oxygens (including phenoxy) is 2. The van der Waals surface area contributed by atoms with Crippen LogP contribution >= 0.6 is 15.9 Å². The minimum Gasteiger partial charge on any atom is -0.497 e. The van der Waals surface area contributed by atoms with Crippen molar-refractivity contribution in [1.29, 1.82) is 0 Å². The van der Waals surface area contributed by atoms with Crippen molar-refractivity contribution >= 4 is 15.9 Å². The van der Waals surface area contributed by atoms with Crippen LogP contribution in [0.15, 0.2) is 16.6 Å². The van der Waals surface area contributed by atoms with E-state index in [1.165, 1.54) is 0 Å². The fourth-order valence-electron chi connectivity index (χ4n) is 1.84. The fourth-order valence-corrected chi connectivity index (χ4v) is 2.40. The lowest BCUT2D eigenvalue weighted by Gasteiger charge is -2.17. The molecule has 0 radical (unpaired) electrons.